The third-order valence-corrected chi connectivity index (χ3v) is 3.32. The van der Waals surface area contributed by atoms with Crippen molar-refractivity contribution in [3.63, 3.8) is 0 Å². The van der Waals surface area contributed by atoms with Gasteiger partial charge >= 0.3 is 0 Å². The summed E-state index contributed by atoms with van der Waals surface area (Å²) in [5.41, 5.74) is 1.82. The molecule has 2 rings (SSSR count). The lowest BCUT2D eigenvalue weighted by atomic mass is 10.1. The summed E-state index contributed by atoms with van der Waals surface area (Å²) in [6, 6.07) is 7.81. The number of hydrogen-bond donors (Lipinski definition) is 1. The maximum Gasteiger partial charge on any atom is 0.260 e. The molecule has 0 aliphatic rings. The smallest absolute Gasteiger partial charge is 0.260 e. The molecule has 0 aliphatic carbocycles. The van der Waals surface area contributed by atoms with Crippen LogP contribution in [0, 0.1) is 6.92 Å². The first-order valence-electron chi connectivity index (χ1n) is 5.57. The fraction of sp³-hybridized carbons (Fsp3) is 0.308. The SMILES string of the molecule is CC[C@H](O)c1ccc(Sc2nc(C)co2)cc1. The summed E-state index contributed by atoms with van der Waals surface area (Å²) in [7, 11) is 0. The Morgan fingerprint density at radius 2 is 2.06 bits per heavy atom. The Kier molecular flexibility index (Phi) is 3.86. The highest BCUT2D eigenvalue weighted by Gasteiger charge is 2.06. The van der Waals surface area contributed by atoms with Crippen LogP contribution in [0.3, 0.4) is 0 Å². The standard InChI is InChI=1S/C13H15NO2S/c1-3-12(15)10-4-6-11(7-5-10)17-13-14-9(2)8-16-13/h4-8,12,15H,3H2,1-2H3/t12-/m0/s1. The zero-order valence-corrected chi connectivity index (χ0v) is 10.7. The van der Waals surface area contributed by atoms with Gasteiger partial charge in [0, 0.05) is 4.90 Å². The fourth-order valence-corrected chi connectivity index (χ4v) is 2.23. The van der Waals surface area contributed by atoms with Crippen LogP contribution in [0.2, 0.25) is 0 Å². The highest BCUT2D eigenvalue weighted by molar-refractivity contribution is 7.99. The summed E-state index contributed by atoms with van der Waals surface area (Å²) >= 11 is 1.48. The van der Waals surface area contributed by atoms with E-state index in [0.29, 0.717) is 5.22 Å². The first-order chi connectivity index (χ1) is 8.19. The van der Waals surface area contributed by atoms with Crippen LogP contribution < -0.4 is 0 Å². The lowest BCUT2D eigenvalue weighted by molar-refractivity contribution is 0.173. The van der Waals surface area contributed by atoms with Crippen molar-refractivity contribution < 1.29 is 9.52 Å². The molecule has 1 atom stereocenters. The van der Waals surface area contributed by atoms with Crippen molar-refractivity contribution in [3.05, 3.63) is 41.8 Å². The number of nitrogens with zero attached hydrogens (tertiary/aromatic N) is 1. The van der Waals surface area contributed by atoms with Crippen LogP contribution in [-0.2, 0) is 0 Å². The molecule has 1 N–H and O–H groups in total. The van der Waals surface area contributed by atoms with E-state index in [9.17, 15) is 5.11 Å². The van der Waals surface area contributed by atoms with E-state index in [1.165, 1.54) is 11.8 Å². The number of rotatable bonds is 4. The summed E-state index contributed by atoms with van der Waals surface area (Å²) in [6.45, 7) is 3.86. The Balaban J connectivity index is 2.08. The number of aliphatic hydroxyl groups excluding tert-OH is 1. The predicted molar refractivity (Wildman–Crippen MR) is 67.1 cm³/mol. The minimum Gasteiger partial charge on any atom is -0.439 e. The molecule has 0 saturated heterocycles. The van der Waals surface area contributed by atoms with Crippen molar-refractivity contribution in [2.75, 3.05) is 0 Å². The molecule has 0 radical (unpaired) electrons. The number of oxazole rings is 1. The molecule has 0 saturated carbocycles. The summed E-state index contributed by atoms with van der Waals surface area (Å²) in [5.74, 6) is 0. The van der Waals surface area contributed by atoms with Crippen LogP contribution in [0.5, 0.6) is 0 Å². The summed E-state index contributed by atoms with van der Waals surface area (Å²) in [5, 5.41) is 10.3. The van der Waals surface area contributed by atoms with Gasteiger partial charge in [0.1, 0.15) is 6.26 Å². The third kappa shape index (κ3) is 3.11. The molecule has 0 spiro atoms. The largest absolute Gasteiger partial charge is 0.439 e. The highest BCUT2D eigenvalue weighted by Crippen LogP contribution is 2.28. The normalized spacial score (nSPS) is 12.6. The maximum atomic E-state index is 9.68. The molecule has 0 unspecified atom stereocenters. The Hall–Kier alpha value is -1.26. The number of aryl methyl sites for hydroxylation is 1. The number of aromatic nitrogens is 1. The maximum absolute atomic E-state index is 9.68. The molecule has 17 heavy (non-hydrogen) atoms. The van der Waals surface area contributed by atoms with E-state index in [1.807, 2.05) is 38.1 Å². The molecule has 4 heteroatoms. The predicted octanol–water partition coefficient (Wildman–Crippen LogP) is 3.58. The van der Waals surface area contributed by atoms with Crippen LogP contribution in [0.25, 0.3) is 0 Å². The van der Waals surface area contributed by atoms with Crippen LogP contribution in [0.1, 0.15) is 30.7 Å². The first-order valence-corrected chi connectivity index (χ1v) is 6.38. The van der Waals surface area contributed by atoms with Crippen LogP contribution in [0.15, 0.2) is 45.1 Å². The minimum absolute atomic E-state index is 0.377. The van der Waals surface area contributed by atoms with Gasteiger partial charge in [0.15, 0.2) is 0 Å². The van der Waals surface area contributed by atoms with Gasteiger partial charge in [-0.1, -0.05) is 19.1 Å². The lowest BCUT2D eigenvalue weighted by Crippen LogP contribution is -1.93. The second-order valence-electron chi connectivity index (χ2n) is 3.85. The molecule has 1 aromatic heterocycles. The average Bonchev–Trinajstić information content (AvgIpc) is 2.75. The molecular formula is C13H15NO2S. The van der Waals surface area contributed by atoms with Crippen LogP contribution in [0.4, 0.5) is 0 Å². The molecule has 0 bridgehead atoms. The summed E-state index contributed by atoms with van der Waals surface area (Å²) in [6.07, 6.45) is 1.99. The molecule has 1 aromatic carbocycles. The third-order valence-electron chi connectivity index (χ3n) is 2.45. The topological polar surface area (TPSA) is 46.3 Å². The van der Waals surface area contributed by atoms with Gasteiger partial charge in [0.25, 0.3) is 5.22 Å². The average molecular weight is 249 g/mol. The Bertz CT molecular complexity index is 478. The molecule has 1 heterocycles. The van der Waals surface area contributed by atoms with E-state index in [4.69, 9.17) is 4.42 Å². The summed E-state index contributed by atoms with van der Waals surface area (Å²) < 4.78 is 5.27. The van der Waals surface area contributed by atoms with E-state index in [2.05, 4.69) is 4.98 Å². The number of benzene rings is 1. The molecular weight excluding hydrogens is 234 g/mol. The number of aliphatic hydroxyl groups is 1. The minimum atomic E-state index is -0.377. The van der Waals surface area contributed by atoms with E-state index in [0.717, 1.165) is 22.6 Å². The Morgan fingerprint density at radius 3 is 2.59 bits per heavy atom. The quantitative estimate of drug-likeness (QED) is 0.899. The van der Waals surface area contributed by atoms with E-state index < -0.39 is 0 Å². The molecule has 90 valence electrons. The summed E-state index contributed by atoms with van der Waals surface area (Å²) in [4.78, 5) is 5.28. The van der Waals surface area contributed by atoms with Crippen molar-refractivity contribution >= 4 is 11.8 Å². The van der Waals surface area contributed by atoms with Gasteiger partial charge in [-0.05, 0) is 42.8 Å². The second kappa shape index (κ2) is 5.38. The van der Waals surface area contributed by atoms with Crippen molar-refractivity contribution in [2.45, 2.75) is 36.5 Å². The van der Waals surface area contributed by atoms with Gasteiger partial charge in [-0.2, -0.15) is 0 Å². The highest BCUT2D eigenvalue weighted by atomic mass is 32.2. The molecule has 3 nitrogen and oxygen atoms in total. The van der Waals surface area contributed by atoms with Gasteiger partial charge in [-0.15, -0.1) is 0 Å². The monoisotopic (exact) mass is 249 g/mol. The van der Waals surface area contributed by atoms with Crippen molar-refractivity contribution in [2.24, 2.45) is 0 Å². The van der Waals surface area contributed by atoms with Crippen molar-refractivity contribution in [3.8, 4) is 0 Å². The molecule has 2 aromatic rings. The lowest BCUT2D eigenvalue weighted by Gasteiger charge is -2.07. The van der Waals surface area contributed by atoms with Gasteiger partial charge in [-0.25, -0.2) is 4.98 Å². The molecule has 0 aliphatic heterocycles. The zero-order chi connectivity index (χ0) is 12.3. The zero-order valence-electron chi connectivity index (χ0n) is 9.88. The Morgan fingerprint density at radius 1 is 1.35 bits per heavy atom. The first kappa shape index (κ1) is 12.2. The van der Waals surface area contributed by atoms with Gasteiger partial charge < -0.3 is 9.52 Å². The van der Waals surface area contributed by atoms with E-state index >= 15 is 0 Å². The Labute approximate surface area is 105 Å². The van der Waals surface area contributed by atoms with Gasteiger partial charge in [-0.3, -0.25) is 0 Å². The van der Waals surface area contributed by atoms with Gasteiger partial charge in [0.2, 0.25) is 0 Å². The van der Waals surface area contributed by atoms with Crippen LogP contribution >= 0.6 is 11.8 Å². The van der Waals surface area contributed by atoms with Crippen molar-refractivity contribution in [1.29, 1.82) is 0 Å². The molecule has 0 amide bonds. The molecule has 0 fully saturated rings. The number of hydrogen-bond acceptors (Lipinski definition) is 4. The fourth-order valence-electron chi connectivity index (χ4n) is 1.47. The van der Waals surface area contributed by atoms with Crippen molar-refractivity contribution in [1.82, 2.24) is 4.98 Å². The van der Waals surface area contributed by atoms with E-state index in [-0.39, 0.29) is 6.10 Å². The van der Waals surface area contributed by atoms with Gasteiger partial charge in [0.05, 0.1) is 11.8 Å². The van der Waals surface area contributed by atoms with Crippen LogP contribution in [-0.4, -0.2) is 10.1 Å². The van der Waals surface area contributed by atoms with E-state index in [1.54, 1.807) is 6.26 Å². The second-order valence-corrected chi connectivity index (χ2v) is 4.87.